The summed E-state index contributed by atoms with van der Waals surface area (Å²) >= 11 is 0. The molecule has 0 bridgehead atoms. The molecular formula is C12H17N3O. The van der Waals surface area contributed by atoms with Crippen LogP contribution in [-0.2, 0) is 0 Å². The van der Waals surface area contributed by atoms with Crippen molar-refractivity contribution in [2.75, 3.05) is 0 Å². The van der Waals surface area contributed by atoms with Crippen LogP contribution in [0.25, 0.3) is 0 Å². The van der Waals surface area contributed by atoms with Crippen LogP contribution in [0, 0.1) is 0 Å². The van der Waals surface area contributed by atoms with Crippen molar-refractivity contribution in [3.05, 3.63) is 30.1 Å². The largest absolute Gasteiger partial charge is 0.289 e. The molecule has 0 unspecified atom stereocenters. The number of pyridine rings is 1. The Hall–Kier alpha value is -1.71. The van der Waals surface area contributed by atoms with Crippen LogP contribution in [0.4, 0.5) is 0 Å². The van der Waals surface area contributed by atoms with Crippen LogP contribution in [0.5, 0.6) is 0 Å². The zero-order chi connectivity index (χ0) is 11.8. The first kappa shape index (κ1) is 12.4. The van der Waals surface area contributed by atoms with Crippen LogP contribution >= 0.6 is 0 Å². The molecule has 0 fully saturated rings. The maximum Gasteiger partial charge on any atom is 0.289 e. The fourth-order valence-corrected chi connectivity index (χ4v) is 1.19. The molecule has 16 heavy (non-hydrogen) atoms. The first-order valence-electron chi connectivity index (χ1n) is 5.48. The molecule has 4 heteroatoms. The zero-order valence-electron chi connectivity index (χ0n) is 9.73. The van der Waals surface area contributed by atoms with Crippen molar-refractivity contribution < 1.29 is 4.79 Å². The number of carbonyl (C=O) groups excluding carboxylic acids is 1. The van der Waals surface area contributed by atoms with Crippen LogP contribution in [0.15, 0.2) is 29.5 Å². The number of unbranched alkanes of at least 4 members (excludes halogenated alkanes) is 1. The summed E-state index contributed by atoms with van der Waals surface area (Å²) in [4.78, 5) is 15.5. The van der Waals surface area contributed by atoms with Gasteiger partial charge in [0.15, 0.2) is 0 Å². The second-order valence-corrected chi connectivity index (χ2v) is 3.61. The normalized spacial score (nSPS) is 11.2. The van der Waals surface area contributed by atoms with Crippen LogP contribution in [-0.4, -0.2) is 16.6 Å². The average Bonchev–Trinajstić information content (AvgIpc) is 2.34. The molecule has 86 valence electrons. The third-order valence-electron chi connectivity index (χ3n) is 2.14. The Balaban J connectivity index is 2.46. The Labute approximate surface area is 95.8 Å². The minimum Gasteiger partial charge on any atom is -0.266 e. The molecule has 4 nitrogen and oxygen atoms in total. The molecule has 1 aromatic heterocycles. The van der Waals surface area contributed by atoms with E-state index in [1.807, 2.05) is 6.92 Å². The van der Waals surface area contributed by atoms with Crippen LogP contribution in [0.3, 0.4) is 0 Å². The van der Waals surface area contributed by atoms with Crippen molar-refractivity contribution >= 4 is 11.6 Å². The quantitative estimate of drug-likeness (QED) is 0.610. The lowest BCUT2D eigenvalue weighted by Gasteiger charge is -2.01. The van der Waals surface area contributed by atoms with E-state index in [2.05, 4.69) is 22.4 Å². The molecular weight excluding hydrogens is 202 g/mol. The van der Waals surface area contributed by atoms with Crippen molar-refractivity contribution in [1.29, 1.82) is 0 Å². The number of hydrazone groups is 1. The van der Waals surface area contributed by atoms with Crippen molar-refractivity contribution in [3.63, 3.8) is 0 Å². The molecule has 0 radical (unpaired) electrons. The SMILES string of the molecule is CCCCC(C)=NNC(=O)c1ccccn1. The zero-order valence-corrected chi connectivity index (χ0v) is 9.73. The predicted octanol–water partition coefficient (Wildman–Crippen LogP) is 2.38. The Morgan fingerprint density at radius 3 is 2.94 bits per heavy atom. The summed E-state index contributed by atoms with van der Waals surface area (Å²) < 4.78 is 0. The van der Waals surface area contributed by atoms with Gasteiger partial charge in [-0.2, -0.15) is 5.10 Å². The number of rotatable bonds is 5. The first-order chi connectivity index (χ1) is 7.74. The number of amides is 1. The molecule has 1 amide bonds. The average molecular weight is 219 g/mol. The van der Waals surface area contributed by atoms with Crippen LogP contribution < -0.4 is 5.43 Å². The number of carbonyl (C=O) groups is 1. The first-order valence-corrected chi connectivity index (χ1v) is 5.48. The molecule has 0 aliphatic rings. The maximum absolute atomic E-state index is 11.5. The van der Waals surface area contributed by atoms with E-state index in [0.717, 1.165) is 25.0 Å². The summed E-state index contributed by atoms with van der Waals surface area (Å²) in [7, 11) is 0. The third-order valence-corrected chi connectivity index (χ3v) is 2.14. The highest BCUT2D eigenvalue weighted by molar-refractivity contribution is 5.93. The molecule has 0 atom stereocenters. The fraction of sp³-hybridized carbons (Fsp3) is 0.417. The van der Waals surface area contributed by atoms with Gasteiger partial charge in [-0.05, 0) is 31.9 Å². The molecule has 0 spiro atoms. The smallest absolute Gasteiger partial charge is 0.266 e. The minimum absolute atomic E-state index is 0.267. The van der Waals surface area contributed by atoms with Crippen molar-refractivity contribution in [1.82, 2.24) is 10.4 Å². The maximum atomic E-state index is 11.5. The topological polar surface area (TPSA) is 54.4 Å². The number of nitrogens with one attached hydrogen (secondary N) is 1. The molecule has 0 saturated heterocycles. The highest BCUT2D eigenvalue weighted by atomic mass is 16.2. The van der Waals surface area contributed by atoms with E-state index in [-0.39, 0.29) is 5.91 Å². The molecule has 1 aromatic rings. The van der Waals surface area contributed by atoms with Gasteiger partial charge in [0.25, 0.3) is 5.91 Å². The van der Waals surface area contributed by atoms with Crippen LogP contribution in [0.2, 0.25) is 0 Å². The van der Waals surface area contributed by atoms with Gasteiger partial charge in [0, 0.05) is 11.9 Å². The van der Waals surface area contributed by atoms with Crippen molar-refractivity contribution in [2.45, 2.75) is 33.1 Å². The summed E-state index contributed by atoms with van der Waals surface area (Å²) in [5, 5.41) is 4.02. The Kier molecular flexibility index (Phi) is 5.19. The molecule has 0 saturated carbocycles. The number of aromatic nitrogens is 1. The highest BCUT2D eigenvalue weighted by Crippen LogP contribution is 1.97. The summed E-state index contributed by atoms with van der Waals surface area (Å²) in [6.45, 7) is 4.04. The summed E-state index contributed by atoms with van der Waals surface area (Å²) in [6.07, 6.45) is 4.72. The van der Waals surface area contributed by atoms with Gasteiger partial charge in [0.2, 0.25) is 0 Å². The molecule has 1 heterocycles. The summed E-state index contributed by atoms with van der Waals surface area (Å²) in [5.74, 6) is -0.267. The Morgan fingerprint density at radius 2 is 2.31 bits per heavy atom. The van der Waals surface area contributed by atoms with Gasteiger partial charge in [0.1, 0.15) is 5.69 Å². The van der Waals surface area contributed by atoms with Gasteiger partial charge in [0.05, 0.1) is 0 Å². The van der Waals surface area contributed by atoms with Gasteiger partial charge in [-0.15, -0.1) is 0 Å². The lowest BCUT2D eigenvalue weighted by Crippen LogP contribution is -2.20. The molecule has 0 aliphatic carbocycles. The van der Waals surface area contributed by atoms with Gasteiger partial charge >= 0.3 is 0 Å². The van der Waals surface area contributed by atoms with Crippen molar-refractivity contribution in [3.8, 4) is 0 Å². The molecule has 0 aliphatic heterocycles. The second-order valence-electron chi connectivity index (χ2n) is 3.61. The summed E-state index contributed by atoms with van der Waals surface area (Å²) in [5.41, 5.74) is 3.81. The minimum atomic E-state index is -0.267. The predicted molar refractivity (Wildman–Crippen MR) is 64.3 cm³/mol. The Morgan fingerprint density at radius 1 is 1.50 bits per heavy atom. The van der Waals surface area contributed by atoms with Gasteiger partial charge in [-0.3, -0.25) is 9.78 Å². The van der Waals surface area contributed by atoms with E-state index >= 15 is 0 Å². The molecule has 1 N–H and O–H groups in total. The van der Waals surface area contributed by atoms with E-state index < -0.39 is 0 Å². The van der Waals surface area contributed by atoms with E-state index in [4.69, 9.17) is 0 Å². The highest BCUT2D eigenvalue weighted by Gasteiger charge is 2.03. The van der Waals surface area contributed by atoms with Crippen molar-refractivity contribution in [2.24, 2.45) is 5.10 Å². The lowest BCUT2D eigenvalue weighted by molar-refractivity contribution is 0.0949. The molecule has 0 aromatic carbocycles. The van der Waals surface area contributed by atoms with E-state index in [0.29, 0.717) is 5.69 Å². The lowest BCUT2D eigenvalue weighted by atomic mass is 10.2. The van der Waals surface area contributed by atoms with E-state index in [9.17, 15) is 4.79 Å². The second kappa shape index (κ2) is 6.71. The van der Waals surface area contributed by atoms with Gasteiger partial charge < -0.3 is 0 Å². The number of hydrogen-bond donors (Lipinski definition) is 1. The number of hydrogen-bond acceptors (Lipinski definition) is 3. The number of nitrogens with zero attached hydrogens (tertiary/aromatic N) is 2. The fourth-order valence-electron chi connectivity index (χ4n) is 1.19. The third kappa shape index (κ3) is 4.21. The Bertz CT molecular complexity index is 360. The van der Waals surface area contributed by atoms with E-state index in [1.165, 1.54) is 0 Å². The molecule has 1 rings (SSSR count). The van der Waals surface area contributed by atoms with E-state index in [1.54, 1.807) is 24.4 Å². The summed E-state index contributed by atoms with van der Waals surface area (Å²) in [6, 6.07) is 5.20. The van der Waals surface area contributed by atoms with Gasteiger partial charge in [-0.25, -0.2) is 5.43 Å². The van der Waals surface area contributed by atoms with Gasteiger partial charge in [-0.1, -0.05) is 19.4 Å². The van der Waals surface area contributed by atoms with Crippen LogP contribution in [0.1, 0.15) is 43.6 Å². The monoisotopic (exact) mass is 219 g/mol. The standard InChI is InChI=1S/C12H17N3O/c1-3-4-7-10(2)14-15-12(16)11-8-5-6-9-13-11/h5-6,8-9H,3-4,7H2,1-2H3,(H,15,16).